The molecule has 2 aromatic rings. The molecule has 0 spiro atoms. The molecule has 3 heteroatoms. The molecule has 0 bridgehead atoms. The number of nitrogens with one attached hydrogen (secondary N) is 1. The van der Waals surface area contributed by atoms with Crippen molar-refractivity contribution < 1.29 is 4.74 Å². The van der Waals surface area contributed by atoms with E-state index in [0.717, 1.165) is 5.75 Å². The molecule has 1 aromatic heterocycles. The lowest BCUT2D eigenvalue weighted by Gasteiger charge is -2.29. The minimum absolute atomic E-state index is 0.213. The van der Waals surface area contributed by atoms with E-state index in [1.54, 1.807) is 11.3 Å². The molecule has 19 heavy (non-hydrogen) atoms. The summed E-state index contributed by atoms with van der Waals surface area (Å²) in [5, 5.41) is 5.84. The molecule has 3 rings (SSSR count). The van der Waals surface area contributed by atoms with Gasteiger partial charge in [0.1, 0.15) is 11.4 Å². The monoisotopic (exact) mass is 273 g/mol. The van der Waals surface area contributed by atoms with Gasteiger partial charge in [-0.05, 0) is 38.3 Å². The van der Waals surface area contributed by atoms with E-state index >= 15 is 0 Å². The maximum Gasteiger partial charge on any atom is 0.125 e. The van der Waals surface area contributed by atoms with Crippen LogP contribution in [0.5, 0.6) is 5.75 Å². The van der Waals surface area contributed by atoms with Crippen molar-refractivity contribution in [2.24, 2.45) is 0 Å². The summed E-state index contributed by atoms with van der Waals surface area (Å²) in [7, 11) is 0. The molecule has 0 radical (unpaired) electrons. The standard InChI is InChI=1S/C16H19NOS/c1-11(14-9-6-10-19-14)17-15-12-7-4-5-8-13(12)18-16(15,2)3/h4-11,15,17H,1-3H3/t11-,15?/m0/s1. The van der Waals surface area contributed by atoms with Crippen LogP contribution in [0.4, 0.5) is 0 Å². The van der Waals surface area contributed by atoms with E-state index in [0.29, 0.717) is 6.04 Å². The SMILES string of the molecule is C[C@H](NC1c2ccccc2OC1(C)C)c1cccs1. The maximum absolute atomic E-state index is 6.07. The van der Waals surface area contributed by atoms with Gasteiger partial charge in [0.2, 0.25) is 0 Å². The maximum atomic E-state index is 6.07. The van der Waals surface area contributed by atoms with Crippen molar-refractivity contribution in [2.75, 3.05) is 0 Å². The lowest BCUT2D eigenvalue weighted by Crippen LogP contribution is -2.40. The van der Waals surface area contributed by atoms with Crippen LogP contribution in [-0.2, 0) is 0 Å². The van der Waals surface area contributed by atoms with Crippen LogP contribution in [0, 0.1) is 0 Å². The van der Waals surface area contributed by atoms with Gasteiger partial charge in [0, 0.05) is 16.5 Å². The van der Waals surface area contributed by atoms with E-state index in [1.807, 2.05) is 6.07 Å². The fourth-order valence-electron chi connectivity index (χ4n) is 2.69. The van der Waals surface area contributed by atoms with Gasteiger partial charge in [-0.25, -0.2) is 0 Å². The highest BCUT2D eigenvalue weighted by molar-refractivity contribution is 7.10. The van der Waals surface area contributed by atoms with Crippen LogP contribution in [0.3, 0.4) is 0 Å². The number of hydrogen-bond donors (Lipinski definition) is 1. The topological polar surface area (TPSA) is 21.3 Å². The van der Waals surface area contributed by atoms with Gasteiger partial charge in [-0.15, -0.1) is 11.3 Å². The van der Waals surface area contributed by atoms with Crippen LogP contribution in [0.15, 0.2) is 41.8 Å². The van der Waals surface area contributed by atoms with Gasteiger partial charge in [-0.1, -0.05) is 24.3 Å². The number of para-hydroxylation sites is 1. The van der Waals surface area contributed by atoms with Gasteiger partial charge in [0.25, 0.3) is 0 Å². The molecule has 0 saturated carbocycles. The van der Waals surface area contributed by atoms with Crippen LogP contribution in [0.1, 0.15) is 43.3 Å². The Bertz CT molecular complexity index is 562. The Balaban J connectivity index is 1.87. The van der Waals surface area contributed by atoms with E-state index in [-0.39, 0.29) is 11.6 Å². The summed E-state index contributed by atoms with van der Waals surface area (Å²) in [6.45, 7) is 6.50. The average Bonchev–Trinajstić information content (AvgIpc) is 2.96. The minimum atomic E-state index is -0.213. The van der Waals surface area contributed by atoms with Crippen molar-refractivity contribution in [3.63, 3.8) is 0 Å². The Morgan fingerprint density at radius 3 is 2.74 bits per heavy atom. The number of benzene rings is 1. The number of hydrogen-bond acceptors (Lipinski definition) is 3. The Morgan fingerprint density at radius 1 is 1.21 bits per heavy atom. The Kier molecular flexibility index (Phi) is 3.11. The third kappa shape index (κ3) is 2.28. The molecule has 0 aliphatic carbocycles. The van der Waals surface area contributed by atoms with Gasteiger partial charge in [-0.2, -0.15) is 0 Å². The predicted octanol–water partition coefficient (Wildman–Crippen LogP) is 4.31. The van der Waals surface area contributed by atoms with Gasteiger partial charge < -0.3 is 4.74 Å². The number of fused-ring (bicyclic) bond motifs is 1. The fraction of sp³-hybridized carbons (Fsp3) is 0.375. The molecular formula is C16H19NOS. The van der Waals surface area contributed by atoms with Gasteiger partial charge >= 0.3 is 0 Å². The molecule has 0 fully saturated rings. The molecule has 1 aliphatic heterocycles. The molecule has 2 heterocycles. The lowest BCUT2D eigenvalue weighted by molar-refractivity contribution is 0.0921. The quantitative estimate of drug-likeness (QED) is 0.899. The molecule has 2 atom stereocenters. The highest BCUT2D eigenvalue weighted by Gasteiger charge is 2.41. The molecular weight excluding hydrogens is 254 g/mol. The zero-order valence-corrected chi connectivity index (χ0v) is 12.3. The second-order valence-electron chi connectivity index (χ2n) is 5.58. The van der Waals surface area contributed by atoms with Gasteiger partial charge in [0.05, 0.1) is 6.04 Å². The van der Waals surface area contributed by atoms with Crippen molar-refractivity contribution in [3.05, 3.63) is 52.2 Å². The van der Waals surface area contributed by atoms with E-state index in [2.05, 4.69) is 61.8 Å². The Labute approximate surface area is 118 Å². The normalized spacial score (nSPS) is 21.7. The van der Waals surface area contributed by atoms with Crippen LogP contribution < -0.4 is 10.1 Å². The summed E-state index contributed by atoms with van der Waals surface area (Å²) in [5.41, 5.74) is 1.05. The lowest BCUT2D eigenvalue weighted by atomic mass is 9.93. The summed E-state index contributed by atoms with van der Waals surface area (Å²) in [5.74, 6) is 1.00. The zero-order chi connectivity index (χ0) is 13.5. The third-order valence-electron chi connectivity index (χ3n) is 3.68. The number of rotatable bonds is 3. The van der Waals surface area contributed by atoms with E-state index in [1.165, 1.54) is 10.4 Å². The summed E-state index contributed by atoms with van der Waals surface area (Å²) in [6.07, 6.45) is 0. The van der Waals surface area contributed by atoms with E-state index in [4.69, 9.17) is 4.74 Å². The smallest absolute Gasteiger partial charge is 0.125 e. The summed E-state index contributed by atoms with van der Waals surface area (Å²) in [6, 6.07) is 13.1. The highest BCUT2D eigenvalue weighted by atomic mass is 32.1. The van der Waals surface area contributed by atoms with Crippen molar-refractivity contribution in [2.45, 2.75) is 38.5 Å². The Morgan fingerprint density at radius 2 is 2.00 bits per heavy atom. The summed E-state index contributed by atoms with van der Waals surface area (Å²) >= 11 is 1.79. The van der Waals surface area contributed by atoms with Crippen molar-refractivity contribution >= 4 is 11.3 Å². The minimum Gasteiger partial charge on any atom is -0.486 e. The molecule has 1 N–H and O–H groups in total. The molecule has 0 saturated heterocycles. The first kappa shape index (κ1) is 12.7. The fourth-order valence-corrected chi connectivity index (χ4v) is 3.43. The highest BCUT2D eigenvalue weighted by Crippen LogP contribution is 2.43. The number of ether oxygens (including phenoxy) is 1. The first-order chi connectivity index (χ1) is 9.08. The van der Waals surface area contributed by atoms with Gasteiger partial charge in [0.15, 0.2) is 0 Å². The van der Waals surface area contributed by atoms with Crippen LogP contribution in [-0.4, -0.2) is 5.60 Å². The predicted molar refractivity (Wildman–Crippen MR) is 79.8 cm³/mol. The molecule has 0 amide bonds. The van der Waals surface area contributed by atoms with Crippen LogP contribution in [0.25, 0.3) is 0 Å². The molecule has 1 aromatic carbocycles. The number of thiophene rings is 1. The second kappa shape index (κ2) is 4.66. The summed E-state index contributed by atoms with van der Waals surface area (Å²) < 4.78 is 6.07. The molecule has 100 valence electrons. The van der Waals surface area contributed by atoms with Crippen molar-refractivity contribution in [1.29, 1.82) is 0 Å². The van der Waals surface area contributed by atoms with Crippen molar-refractivity contribution in [1.82, 2.24) is 5.32 Å². The third-order valence-corrected chi connectivity index (χ3v) is 4.74. The van der Waals surface area contributed by atoms with E-state index in [9.17, 15) is 0 Å². The first-order valence-corrected chi connectivity index (χ1v) is 7.53. The molecule has 1 unspecified atom stereocenters. The van der Waals surface area contributed by atoms with E-state index < -0.39 is 0 Å². The van der Waals surface area contributed by atoms with Crippen LogP contribution in [0.2, 0.25) is 0 Å². The van der Waals surface area contributed by atoms with Crippen LogP contribution >= 0.6 is 11.3 Å². The summed E-state index contributed by atoms with van der Waals surface area (Å²) in [4.78, 5) is 1.36. The first-order valence-electron chi connectivity index (χ1n) is 6.65. The second-order valence-corrected chi connectivity index (χ2v) is 6.56. The molecule has 2 nitrogen and oxygen atoms in total. The largest absolute Gasteiger partial charge is 0.486 e. The van der Waals surface area contributed by atoms with Crippen molar-refractivity contribution in [3.8, 4) is 5.75 Å². The Hall–Kier alpha value is -1.32. The zero-order valence-electron chi connectivity index (χ0n) is 11.5. The van der Waals surface area contributed by atoms with Gasteiger partial charge in [-0.3, -0.25) is 5.32 Å². The average molecular weight is 273 g/mol. The molecule has 1 aliphatic rings.